The summed E-state index contributed by atoms with van der Waals surface area (Å²) >= 11 is 12.7. The summed E-state index contributed by atoms with van der Waals surface area (Å²) in [4.78, 5) is 0. The van der Waals surface area contributed by atoms with E-state index in [0.717, 1.165) is 14.5 Å². The van der Waals surface area contributed by atoms with E-state index in [1.807, 2.05) is 18.2 Å². The summed E-state index contributed by atoms with van der Waals surface area (Å²) in [5.41, 5.74) is 0.775. The van der Waals surface area contributed by atoms with Crippen LogP contribution in [0.1, 0.15) is 10.9 Å². The SMILES string of the molecule is CS(=O)(=O)CC(Cl)c1cc(Br)ccc1Br. The van der Waals surface area contributed by atoms with Crippen LogP contribution in [0.2, 0.25) is 0 Å². The van der Waals surface area contributed by atoms with Crippen LogP contribution in [0.25, 0.3) is 0 Å². The van der Waals surface area contributed by atoms with E-state index in [2.05, 4.69) is 31.9 Å². The van der Waals surface area contributed by atoms with Crippen LogP contribution in [-0.2, 0) is 9.84 Å². The number of rotatable bonds is 3. The molecule has 0 aliphatic rings. The van der Waals surface area contributed by atoms with E-state index in [9.17, 15) is 8.42 Å². The molecule has 6 heteroatoms. The summed E-state index contributed by atoms with van der Waals surface area (Å²) in [6, 6.07) is 5.50. The minimum atomic E-state index is -3.07. The number of halogens is 3. The van der Waals surface area contributed by atoms with Crippen LogP contribution in [-0.4, -0.2) is 20.4 Å². The average Bonchev–Trinajstić information content (AvgIpc) is 2.06. The predicted molar refractivity (Wildman–Crippen MR) is 70.1 cm³/mol. The molecular weight excluding hydrogens is 367 g/mol. The highest BCUT2D eigenvalue weighted by molar-refractivity contribution is 9.11. The maximum Gasteiger partial charge on any atom is 0.149 e. The van der Waals surface area contributed by atoms with E-state index in [-0.39, 0.29) is 5.75 Å². The Hall–Kier alpha value is 0.420. The predicted octanol–water partition coefficient (Wildman–Crippen LogP) is 3.54. The maximum absolute atomic E-state index is 11.1. The van der Waals surface area contributed by atoms with Crippen molar-refractivity contribution in [3.8, 4) is 0 Å². The first-order valence-electron chi connectivity index (χ1n) is 4.06. The Bertz CT molecular complexity index is 459. The minimum absolute atomic E-state index is 0.0659. The Kier molecular flexibility index (Phi) is 4.64. The van der Waals surface area contributed by atoms with E-state index in [0.29, 0.717) is 0 Å². The zero-order valence-electron chi connectivity index (χ0n) is 7.88. The molecule has 0 amide bonds. The van der Waals surface area contributed by atoms with Gasteiger partial charge >= 0.3 is 0 Å². The van der Waals surface area contributed by atoms with Gasteiger partial charge in [0.15, 0.2) is 0 Å². The third kappa shape index (κ3) is 4.43. The van der Waals surface area contributed by atoms with Gasteiger partial charge in [-0.25, -0.2) is 8.42 Å². The number of benzene rings is 1. The molecule has 1 aromatic carbocycles. The van der Waals surface area contributed by atoms with Crippen molar-refractivity contribution < 1.29 is 8.42 Å². The third-order valence-electron chi connectivity index (χ3n) is 1.74. The number of alkyl halides is 1. The van der Waals surface area contributed by atoms with E-state index >= 15 is 0 Å². The summed E-state index contributed by atoms with van der Waals surface area (Å²) in [6.07, 6.45) is 1.17. The largest absolute Gasteiger partial charge is 0.229 e. The van der Waals surface area contributed by atoms with Gasteiger partial charge in [-0.1, -0.05) is 31.9 Å². The minimum Gasteiger partial charge on any atom is -0.229 e. The Morgan fingerprint density at radius 1 is 1.40 bits per heavy atom. The zero-order chi connectivity index (χ0) is 11.6. The molecule has 0 saturated carbocycles. The fourth-order valence-electron chi connectivity index (χ4n) is 1.11. The normalized spacial score (nSPS) is 13.9. The Labute approximate surface area is 111 Å². The molecule has 0 bridgehead atoms. The highest BCUT2D eigenvalue weighted by atomic mass is 79.9. The quantitative estimate of drug-likeness (QED) is 0.756. The standard InChI is InChI=1S/C9H9Br2ClO2S/c1-15(13,14)5-9(12)7-4-6(10)2-3-8(7)11/h2-4,9H,5H2,1H3. The van der Waals surface area contributed by atoms with Crippen molar-refractivity contribution in [2.45, 2.75) is 5.38 Å². The maximum atomic E-state index is 11.1. The molecule has 0 spiro atoms. The van der Waals surface area contributed by atoms with E-state index in [4.69, 9.17) is 11.6 Å². The molecule has 1 unspecified atom stereocenters. The second-order valence-corrected chi connectivity index (χ2v) is 7.71. The smallest absolute Gasteiger partial charge is 0.149 e. The van der Waals surface area contributed by atoms with Gasteiger partial charge in [0.25, 0.3) is 0 Å². The molecule has 0 fully saturated rings. The molecular formula is C9H9Br2ClO2S. The van der Waals surface area contributed by atoms with E-state index < -0.39 is 15.2 Å². The summed E-state index contributed by atoms with van der Waals surface area (Å²) in [6.45, 7) is 0. The first-order chi connectivity index (χ1) is 6.79. The second-order valence-electron chi connectivity index (χ2n) is 3.23. The number of hydrogen-bond acceptors (Lipinski definition) is 2. The lowest BCUT2D eigenvalue weighted by molar-refractivity contribution is 0.600. The molecule has 1 rings (SSSR count). The van der Waals surface area contributed by atoms with Gasteiger partial charge in [-0.2, -0.15) is 0 Å². The first kappa shape index (κ1) is 13.5. The van der Waals surface area contributed by atoms with Crippen molar-refractivity contribution in [3.05, 3.63) is 32.7 Å². The van der Waals surface area contributed by atoms with Crippen molar-refractivity contribution in [1.29, 1.82) is 0 Å². The van der Waals surface area contributed by atoms with Gasteiger partial charge in [0, 0.05) is 15.2 Å². The molecule has 0 aliphatic carbocycles. The highest BCUT2D eigenvalue weighted by Gasteiger charge is 2.17. The van der Waals surface area contributed by atoms with Crippen molar-refractivity contribution in [2.24, 2.45) is 0 Å². The van der Waals surface area contributed by atoms with Gasteiger partial charge in [-0.3, -0.25) is 0 Å². The Balaban J connectivity index is 3.00. The number of sulfone groups is 1. The molecule has 84 valence electrons. The van der Waals surface area contributed by atoms with Crippen molar-refractivity contribution in [2.75, 3.05) is 12.0 Å². The van der Waals surface area contributed by atoms with Crippen LogP contribution in [0.15, 0.2) is 27.1 Å². The van der Waals surface area contributed by atoms with Crippen LogP contribution >= 0.6 is 43.5 Å². The molecule has 0 aromatic heterocycles. The zero-order valence-corrected chi connectivity index (χ0v) is 12.6. The molecule has 1 atom stereocenters. The lowest BCUT2D eigenvalue weighted by Crippen LogP contribution is -2.09. The summed E-state index contributed by atoms with van der Waals surface area (Å²) in [5, 5.41) is -0.535. The van der Waals surface area contributed by atoms with Crippen molar-refractivity contribution in [1.82, 2.24) is 0 Å². The van der Waals surface area contributed by atoms with Crippen LogP contribution < -0.4 is 0 Å². The summed E-state index contributed by atoms with van der Waals surface area (Å²) in [5.74, 6) is -0.0659. The molecule has 0 heterocycles. The van der Waals surface area contributed by atoms with E-state index in [1.165, 1.54) is 6.26 Å². The highest BCUT2D eigenvalue weighted by Crippen LogP contribution is 2.31. The second kappa shape index (κ2) is 5.17. The van der Waals surface area contributed by atoms with Crippen LogP contribution in [0.5, 0.6) is 0 Å². The monoisotopic (exact) mass is 374 g/mol. The lowest BCUT2D eigenvalue weighted by atomic mass is 10.2. The van der Waals surface area contributed by atoms with Crippen LogP contribution in [0.4, 0.5) is 0 Å². The van der Waals surface area contributed by atoms with Gasteiger partial charge < -0.3 is 0 Å². The molecule has 0 N–H and O–H groups in total. The van der Waals surface area contributed by atoms with Gasteiger partial charge in [0.2, 0.25) is 0 Å². The summed E-state index contributed by atoms with van der Waals surface area (Å²) < 4.78 is 23.9. The Morgan fingerprint density at radius 2 is 2.00 bits per heavy atom. The first-order valence-corrected chi connectivity index (χ1v) is 8.14. The topological polar surface area (TPSA) is 34.1 Å². The fraction of sp³-hybridized carbons (Fsp3) is 0.333. The fourth-order valence-corrected chi connectivity index (χ4v) is 3.72. The lowest BCUT2D eigenvalue weighted by Gasteiger charge is -2.11. The van der Waals surface area contributed by atoms with Crippen molar-refractivity contribution in [3.63, 3.8) is 0 Å². The molecule has 15 heavy (non-hydrogen) atoms. The van der Waals surface area contributed by atoms with Gasteiger partial charge in [-0.05, 0) is 23.8 Å². The third-order valence-corrected chi connectivity index (χ3v) is 4.47. The molecule has 2 nitrogen and oxygen atoms in total. The average molecular weight is 376 g/mol. The molecule has 1 aromatic rings. The van der Waals surface area contributed by atoms with Crippen LogP contribution in [0, 0.1) is 0 Å². The summed E-state index contributed by atoms with van der Waals surface area (Å²) in [7, 11) is -3.07. The van der Waals surface area contributed by atoms with Gasteiger partial charge in [0.1, 0.15) is 9.84 Å². The van der Waals surface area contributed by atoms with E-state index in [1.54, 1.807) is 0 Å². The van der Waals surface area contributed by atoms with Gasteiger partial charge in [0.05, 0.1) is 11.1 Å². The molecule has 0 saturated heterocycles. The van der Waals surface area contributed by atoms with Gasteiger partial charge in [-0.15, -0.1) is 11.6 Å². The molecule has 0 aliphatic heterocycles. The van der Waals surface area contributed by atoms with Crippen molar-refractivity contribution >= 4 is 53.3 Å². The van der Waals surface area contributed by atoms with Crippen LogP contribution in [0.3, 0.4) is 0 Å². The number of hydrogen-bond donors (Lipinski definition) is 0. The Morgan fingerprint density at radius 3 is 2.53 bits per heavy atom. The molecule has 0 radical (unpaired) electrons.